The van der Waals surface area contributed by atoms with Gasteiger partial charge in [0, 0.05) is 23.3 Å². The van der Waals surface area contributed by atoms with Gasteiger partial charge in [0.25, 0.3) is 0 Å². The molecule has 0 aliphatic heterocycles. The zero-order chi connectivity index (χ0) is 13.8. The van der Waals surface area contributed by atoms with E-state index in [-0.39, 0.29) is 0 Å². The van der Waals surface area contributed by atoms with E-state index in [1.165, 1.54) is 6.20 Å². The van der Waals surface area contributed by atoms with Crippen molar-refractivity contribution in [2.75, 3.05) is 24.8 Å². The highest BCUT2D eigenvalue weighted by molar-refractivity contribution is 9.10. The molecule has 5 nitrogen and oxygen atoms in total. The van der Waals surface area contributed by atoms with Crippen molar-refractivity contribution in [3.05, 3.63) is 33.9 Å². The van der Waals surface area contributed by atoms with Crippen LogP contribution in [0, 0.1) is 0 Å². The number of nitrogens with one attached hydrogen (secondary N) is 2. The highest BCUT2D eigenvalue weighted by atomic mass is 79.9. The molecule has 2 rings (SSSR count). The lowest BCUT2D eigenvalue weighted by atomic mass is 10.3. The van der Waals surface area contributed by atoms with E-state index in [9.17, 15) is 0 Å². The Hall–Kier alpha value is -1.53. The Balaban J connectivity index is 2.32. The van der Waals surface area contributed by atoms with Crippen LogP contribution in [0.4, 0.5) is 17.5 Å². The number of benzene rings is 1. The quantitative estimate of drug-likeness (QED) is 0.886. The van der Waals surface area contributed by atoms with Crippen molar-refractivity contribution in [1.82, 2.24) is 9.97 Å². The fourth-order valence-corrected chi connectivity index (χ4v) is 2.08. The van der Waals surface area contributed by atoms with E-state index in [4.69, 9.17) is 16.3 Å². The summed E-state index contributed by atoms with van der Waals surface area (Å²) in [5.74, 6) is 1.76. The summed E-state index contributed by atoms with van der Waals surface area (Å²) in [4.78, 5) is 8.27. The minimum atomic E-state index is 0.443. The third-order valence-electron chi connectivity index (χ3n) is 2.34. The molecule has 0 aliphatic carbocycles. The number of ether oxygens (including phenoxy) is 1. The van der Waals surface area contributed by atoms with E-state index in [1.54, 1.807) is 14.2 Å². The van der Waals surface area contributed by atoms with Gasteiger partial charge in [-0.15, -0.1) is 0 Å². The molecule has 0 spiro atoms. The van der Waals surface area contributed by atoms with Crippen LogP contribution >= 0.6 is 27.5 Å². The summed E-state index contributed by atoms with van der Waals surface area (Å²) in [6, 6.07) is 5.62. The van der Waals surface area contributed by atoms with Gasteiger partial charge in [-0.1, -0.05) is 27.5 Å². The molecule has 0 aliphatic rings. The highest BCUT2D eigenvalue weighted by Crippen LogP contribution is 2.29. The second kappa shape index (κ2) is 6.08. The van der Waals surface area contributed by atoms with Gasteiger partial charge in [-0.05, 0) is 12.1 Å². The molecule has 100 valence electrons. The predicted octanol–water partition coefficient (Wildman–Crippen LogP) is 3.69. The van der Waals surface area contributed by atoms with Gasteiger partial charge in [-0.3, -0.25) is 0 Å². The molecule has 1 heterocycles. The Kier molecular flexibility index (Phi) is 4.44. The smallest absolute Gasteiger partial charge is 0.224 e. The number of rotatable bonds is 4. The Bertz CT molecular complexity index is 594. The van der Waals surface area contributed by atoms with Gasteiger partial charge in [0.15, 0.2) is 5.82 Å². The lowest BCUT2D eigenvalue weighted by Crippen LogP contribution is -2.01. The molecule has 0 saturated carbocycles. The fraction of sp³-hybridized carbons (Fsp3) is 0.167. The third kappa shape index (κ3) is 3.48. The fourth-order valence-electron chi connectivity index (χ4n) is 1.46. The monoisotopic (exact) mass is 342 g/mol. The topological polar surface area (TPSA) is 59.1 Å². The zero-order valence-corrected chi connectivity index (χ0v) is 12.7. The van der Waals surface area contributed by atoms with Crippen LogP contribution in [0.3, 0.4) is 0 Å². The lowest BCUT2D eigenvalue weighted by molar-refractivity contribution is 0.415. The van der Waals surface area contributed by atoms with Crippen molar-refractivity contribution in [3.8, 4) is 5.75 Å². The Morgan fingerprint density at radius 3 is 2.79 bits per heavy atom. The second-order valence-electron chi connectivity index (χ2n) is 3.64. The van der Waals surface area contributed by atoms with Crippen LogP contribution in [0.25, 0.3) is 0 Å². The van der Waals surface area contributed by atoms with Gasteiger partial charge in [-0.25, -0.2) is 4.98 Å². The summed E-state index contributed by atoms with van der Waals surface area (Å²) in [6.45, 7) is 0. The molecule has 2 aromatic rings. The number of hydrogen-bond donors (Lipinski definition) is 2. The van der Waals surface area contributed by atoms with Crippen LogP contribution in [-0.4, -0.2) is 24.1 Å². The van der Waals surface area contributed by atoms with Gasteiger partial charge in [0.2, 0.25) is 5.95 Å². The van der Waals surface area contributed by atoms with E-state index >= 15 is 0 Å². The molecule has 0 bridgehead atoms. The molecule has 7 heteroatoms. The molecule has 1 aromatic carbocycles. The Labute approximate surface area is 124 Å². The maximum absolute atomic E-state index is 6.06. The molecule has 0 fully saturated rings. The van der Waals surface area contributed by atoms with Crippen molar-refractivity contribution in [3.63, 3.8) is 0 Å². The number of methoxy groups -OCH3 is 1. The summed E-state index contributed by atoms with van der Waals surface area (Å²) in [5, 5.41) is 6.43. The molecule has 2 N–H and O–H groups in total. The van der Waals surface area contributed by atoms with E-state index < -0.39 is 0 Å². The van der Waals surface area contributed by atoms with Gasteiger partial charge in [-0.2, -0.15) is 4.98 Å². The van der Waals surface area contributed by atoms with Crippen molar-refractivity contribution >= 4 is 45.0 Å². The largest absolute Gasteiger partial charge is 0.497 e. The summed E-state index contributed by atoms with van der Waals surface area (Å²) < 4.78 is 6.10. The van der Waals surface area contributed by atoms with Crippen molar-refractivity contribution in [2.45, 2.75) is 0 Å². The first-order valence-electron chi connectivity index (χ1n) is 5.44. The van der Waals surface area contributed by atoms with Crippen molar-refractivity contribution in [2.24, 2.45) is 0 Å². The van der Waals surface area contributed by atoms with E-state index in [1.807, 2.05) is 18.2 Å². The van der Waals surface area contributed by atoms with Crippen LogP contribution in [0.5, 0.6) is 5.75 Å². The van der Waals surface area contributed by atoms with Gasteiger partial charge in [0.05, 0.1) is 13.3 Å². The average Bonchev–Trinajstić information content (AvgIpc) is 2.40. The zero-order valence-electron chi connectivity index (χ0n) is 10.4. The van der Waals surface area contributed by atoms with Crippen LogP contribution in [-0.2, 0) is 0 Å². The average molecular weight is 344 g/mol. The summed E-state index contributed by atoms with van der Waals surface area (Å²) >= 11 is 9.47. The number of halogens is 2. The van der Waals surface area contributed by atoms with Gasteiger partial charge >= 0.3 is 0 Å². The lowest BCUT2D eigenvalue weighted by Gasteiger charge is -2.10. The maximum atomic E-state index is 6.06. The first-order chi connectivity index (χ1) is 9.12. The van der Waals surface area contributed by atoms with Gasteiger partial charge < -0.3 is 15.4 Å². The second-order valence-corrected chi connectivity index (χ2v) is 4.97. The minimum absolute atomic E-state index is 0.443. The number of hydrogen-bond acceptors (Lipinski definition) is 5. The molecule has 0 unspecified atom stereocenters. The maximum Gasteiger partial charge on any atom is 0.224 e. The Morgan fingerprint density at radius 2 is 2.11 bits per heavy atom. The number of nitrogens with zero attached hydrogens (tertiary/aromatic N) is 2. The van der Waals surface area contributed by atoms with E-state index in [0.29, 0.717) is 16.8 Å². The molecule has 1 aromatic heterocycles. The van der Waals surface area contributed by atoms with E-state index in [2.05, 4.69) is 36.5 Å². The van der Waals surface area contributed by atoms with Crippen LogP contribution in [0.1, 0.15) is 0 Å². The molecule has 0 radical (unpaired) electrons. The number of anilines is 3. The SMILES string of the molecule is CNc1ncc(Cl)c(Nc2cc(Br)cc(OC)c2)n1. The minimum Gasteiger partial charge on any atom is -0.497 e. The van der Waals surface area contributed by atoms with Crippen molar-refractivity contribution < 1.29 is 4.74 Å². The summed E-state index contributed by atoms with van der Waals surface area (Å²) in [5.41, 5.74) is 0.814. The van der Waals surface area contributed by atoms with E-state index in [0.717, 1.165) is 15.9 Å². The van der Waals surface area contributed by atoms with Gasteiger partial charge in [0.1, 0.15) is 10.8 Å². The van der Waals surface area contributed by atoms with Crippen LogP contribution in [0.15, 0.2) is 28.9 Å². The molecule has 0 saturated heterocycles. The summed E-state index contributed by atoms with van der Waals surface area (Å²) in [7, 11) is 3.36. The molecule has 0 amide bonds. The standard InChI is InChI=1S/C12H12BrClN4O/c1-15-12-16-6-10(14)11(18-12)17-8-3-7(13)4-9(5-8)19-2/h3-6H,1-2H3,(H2,15,16,17,18). The van der Waals surface area contributed by atoms with Crippen LogP contribution < -0.4 is 15.4 Å². The predicted molar refractivity (Wildman–Crippen MR) is 80.6 cm³/mol. The molecule has 0 atom stereocenters. The van der Waals surface area contributed by atoms with Crippen LogP contribution in [0.2, 0.25) is 5.02 Å². The summed E-state index contributed by atoms with van der Waals surface area (Å²) in [6.07, 6.45) is 1.54. The highest BCUT2D eigenvalue weighted by Gasteiger charge is 2.06. The molecular weight excluding hydrogens is 332 g/mol. The normalized spacial score (nSPS) is 10.1. The molecular formula is C12H12BrClN4O. The Morgan fingerprint density at radius 1 is 1.32 bits per heavy atom. The first kappa shape index (κ1) is 13.9. The molecule has 19 heavy (non-hydrogen) atoms. The first-order valence-corrected chi connectivity index (χ1v) is 6.61. The van der Waals surface area contributed by atoms with Crippen molar-refractivity contribution in [1.29, 1.82) is 0 Å². The number of aromatic nitrogens is 2. The third-order valence-corrected chi connectivity index (χ3v) is 3.07.